The summed E-state index contributed by atoms with van der Waals surface area (Å²) < 4.78 is 65.5. The van der Waals surface area contributed by atoms with Gasteiger partial charge in [-0.25, -0.2) is 8.42 Å². The van der Waals surface area contributed by atoms with Gasteiger partial charge in [-0.2, -0.15) is 17.5 Å². The number of benzene rings is 1. The number of halogens is 3. The smallest absolute Gasteiger partial charge is 0.376 e. The van der Waals surface area contributed by atoms with Crippen LogP contribution in [0.25, 0.3) is 0 Å². The molecule has 1 aliphatic rings. The lowest BCUT2D eigenvalue weighted by Gasteiger charge is -2.34. The highest BCUT2D eigenvalue weighted by Gasteiger charge is 2.51. The maximum absolute atomic E-state index is 12.9. The van der Waals surface area contributed by atoms with Gasteiger partial charge in [0.05, 0.1) is 4.90 Å². The minimum absolute atomic E-state index is 0.0513. The zero-order chi connectivity index (χ0) is 18.2. The Kier molecular flexibility index (Phi) is 5.32. The summed E-state index contributed by atoms with van der Waals surface area (Å²) in [7, 11) is -3.75. The van der Waals surface area contributed by atoms with Crippen molar-refractivity contribution in [1.29, 1.82) is 0 Å². The van der Waals surface area contributed by atoms with Crippen LogP contribution in [0.4, 0.5) is 13.2 Å². The third-order valence-corrected chi connectivity index (χ3v) is 6.59. The van der Waals surface area contributed by atoms with Gasteiger partial charge in [-0.3, -0.25) is 0 Å². The van der Waals surface area contributed by atoms with E-state index in [1.165, 1.54) is 4.31 Å². The fourth-order valence-corrected chi connectivity index (χ4v) is 4.72. The lowest BCUT2D eigenvalue weighted by atomic mass is 9.96. The van der Waals surface area contributed by atoms with Gasteiger partial charge in [-0.15, -0.1) is 0 Å². The van der Waals surface area contributed by atoms with Crippen molar-refractivity contribution in [3.63, 3.8) is 0 Å². The molecule has 0 aliphatic carbocycles. The van der Waals surface area contributed by atoms with Crippen LogP contribution in [-0.2, 0) is 15.6 Å². The van der Waals surface area contributed by atoms with Crippen LogP contribution in [0.3, 0.4) is 0 Å². The van der Waals surface area contributed by atoms with E-state index in [0.717, 1.165) is 43.5 Å². The number of hydrogen-bond acceptors (Lipinski definition) is 3. The van der Waals surface area contributed by atoms with E-state index in [2.05, 4.69) is 0 Å². The van der Waals surface area contributed by atoms with Gasteiger partial charge in [-0.05, 0) is 43.9 Å². The second kappa shape index (κ2) is 6.65. The number of sulfonamides is 1. The molecule has 1 fully saturated rings. The molecule has 0 aromatic heterocycles. The Morgan fingerprint density at radius 3 is 2.29 bits per heavy atom. The third kappa shape index (κ3) is 3.45. The van der Waals surface area contributed by atoms with Gasteiger partial charge in [0.1, 0.15) is 0 Å². The van der Waals surface area contributed by atoms with Crippen molar-refractivity contribution in [2.45, 2.75) is 62.2 Å². The van der Waals surface area contributed by atoms with Crippen LogP contribution >= 0.6 is 0 Å². The summed E-state index contributed by atoms with van der Waals surface area (Å²) in [4.78, 5) is -0.0513. The fourth-order valence-electron chi connectivity index (χ4n) is 2.95. The van der Waals surface area contributed by atoms with Gasteiger partial charge in [0, 0.05) is 12.6 Å². The average Bonchev–Trinajstić information content (AvgIpc) is 2.53. The second-order valence-electron chi connectivity index (χ2n) is 6.27. The first-order chi connectivity index (χ1) is 11.0. The summed E-state index contributed by atoms with van der Waals surface area (Å²) in [5.41, 5.74) is -3.41. The Bertz CT molecular complexity index is 669. The van der Waals surface area contributed by atoms with E-state index >= 15 is 0 Å². The minimum atomic E-state index is -4.84. The molecule has 1 heterocycles. The second-order valence-corrected chi connectivity index (χ2v) is 8.16. The topological polar surface area (TPSA) is 57.6 Å². The quantitative estimate of drug-likeness (QED) is 0.890. The zero-order valence-corrected chi connectivity index (χ0v) is 14.5. The highest BCUT2D eigenvalue weighted by molar-refractivity contribution is 7.89. The first-order valence-corrected chi connectivity index (χ1v) is 9.37. The summed E-state index contributed by atoms with van der Waals surface area (Å²) in [6, 6.07) is 4.22. The number of piperidine rings is 1. The predicted molar refractivity (Wildman–Crippen MR) is 83.9 cm³/mol. The van der Waals surface area contributed by atoms with Gasteiger partial charge in [0.15, 0.2) is 5.60 Å². The van der Waals surface area contributed by atoms with Crippen LogP contribution in [0.5, 0.6) is 0 Å². The van der Waals surface area contributed by atoms with Crippen molar-refractivity contribution in [3.8, 4) is 0 Å². The average molecular weight is 365 g/mol. The summed E-state index contributed by atoms with van der Waals surface area (Å²) >= 11 is 0. The van der Waals surface area contributed by atoms with Crippen molar-refractivity contribution < 1.29 is 26.7 Å². The molecule has 4 nitrogen and oxygen atoms in total. The molecule has 0 bridgehead atoms. The fraction of sp³-hybridized carbons (Fsp3) is 0.625. The van der Waals surface area contributed by atoms with Gasteiger partial charge in [0.25, 0.3) is 0 Å². The molecule has 0 amide bonds. The maximum atomic E-state index is 12.9. The number of aliphatic hydroxyl groups is 1. The normalized spacial score (nSPS) is 23.0. The molecular formula is C16H22F3NO3S. The van der Waals surface area contributed by atoms with E-state index in [4.69, 9.17) is 0 Å². The highest BCUT2D eigenvalue weighted by atomic mass is 32.2. The Hall–Kier alpha value is -1.12. The molecule has 1 saturated heterocycles. The predicted octanol–water partition coefficient (Wildman–Crippen LogP) is 3.41. The number of alkyl halides is 3. The van der Waals surface area contributed by atoms with Crippen LogP contribution in [0, 0.1) is 0 Å². The molecule has 136 valence electrons. The van der Waals surface area contributed by atoms with Gasteiger partial charge in [-0.1, -0.05) is 25.5 Å². The minimum Gasteiger partial charge on any atom is -0.376 e. The van der Waals surface area contributed by atoms with Crippen molar-refractivity contribution in [2.75, 3.05) is 6.54 Å². The molecule has 2 rings (SSSR count). The van der Waals surface area contributed by atoms with Crippen LogP contribution in [-0.4, -0.2) is 36.6 Å². The molecule has 1 aliphatic heterocycles. The molecule has 8 heteroatoms. The molecule has 24 heavy (non-hydrogen) atoms. The summed E-state index contributed by atoms with van der Waals surface area (Å²) in [6.07, 6.45) is -1.61. The van der Waals surface area contributed by atoms with Crippen LogP contribution in [0.2, 0.25) is 0 Å². The number of rotatable bonds is 4. The standard InChI is InChI=1S/C16H22F3NO3S/c1-3-13-6-4-5-11-20(13)24(22,23)14-9-7-12(8-10-14)15(2,21)16(17,18)19/h7-10,13,21H,3-6,11H2,1-2H3. The molecule has 1 N–H and O–H groups in total. The SMILES string of the molecule is CCC1CCCCN1S(=O)(=O)c1ccc(C(C)(O)C(F)(F)F)cc1. The summed E-state index contributed by atoms with van der Waals surface area (Å²) in [5, 5.41) is 9.66. The molecule has 1 aromatic rings. The van der Waals surface area contributed by atoms with Crippen molar-refractivity contribution in [2.24, 2.45) is 0 Å². The maximum Gasteiger partial charge on any atom is 0.421 e. The third-order valence-electron chi connectivity index (χ3n) is 4.62. The molecule has 0 radical (unpaired) electrons. The first kappa shape index (κ1) is 19.2. The van der Waals surface area contributed by atoms with Crippen LogP contribution in [0.15, 0.2) is 29.2 Å². The van der Waals surface area contributed by atoms with Crippen LogP contribution in [0.1, 0.15) is 45.1 Å². The van der Waals surface area contributed by atoms with E-state index in [1.807, 2.05) is 6.92 Å². The van der Waals surface area contributed by atoms with Gasteiger partial charge < -0.3 is 5.11 Å². The number of hydrogen-bond donors (Lipinski definition) is 1. The van der Waals surface area contributed by atoms with Crippen molar-refractivity contribution in [1.82, 2.24) is 4.31 Å². The Morgan fingerprint density at radius 2 is 1.79 bits per heavy atom. The van der Waals surface area contributed by atoms with E-state index in [1.54, 1.807) is 0 Å². The van der Waals surface area contributed by atoms with Crippen molar-refractivity contribution in [3.05, 3.63) is 29.8 Å². The van der Waals surface area contributed by atoms with E-state index in [0.29, 0.717) is 19.9 Å². The Labute approximate surface area is 140 Å². The van der Waals surface area contributed by atoms with Gasteiger partial charge >= 0.3 is 6.18 Å². The molecule has 2 atom stereocenters. The lowest BCUT2D eigenvalue weighted by Crippen LogP contribution is -2.43. The zero-order valence-electron chi connectivity index (χ0n) is 13.7. The van der Waals surface area contributed by atoms with E-state index in [9.17, 15) is 26.7 Å². The van der Waals surface area contributed by atoms with Gasteiger partial charge in [0.2, 0.25) is 10.0 Å². The summed E-state index contributed by atoms with van der Waals surface area (Å²) in [5.74, 6) is 0. The summed E-state index contributed by atoms with van der Waals surface area (Å²) in [6.45, 7) is 2.99. The largest absolute Gasteiger partial charge is 0.421 e. The molecule has 0 spiro atoms. The Morgan fingerprint density at radius 1 is 1.21 bits per heavy atom. The molecular weight excluding hydrogens is 343 g/mol. The van der Waals surface area contributed by atoms with E-state index in [-0.39, 0.29) is 16.5 Å². The van der Waals surface area contributed by atoms with E-state index < -0.39 is 21.8 Å². The monoisotopic (exact) mass is 365 g/mol. The number of nitrogens with zero attached hydrogens (tertiary/aromatic N) is 1. The Balaban J connectivity index is 2.33. The molecule has 1 aromatic carbocycles. The van der Waals surface area contributed by atoms with Crippen molar-refractivity contribution >= 4 is 10.0 Å². The van der Waals surface area contributed by atoms with Crippen LogP contribution < -0.4 is 0 Å². The molecule has 2 unspecified atom stereocenters. The first-order valence-electron chi connectivity index (χ1n) is 7.93. The highest BCUT2D eigenvalue weighted by Crippen LogP contribution is 2.39. The lowest BCUT2D eigenvalue weighted by molar-refractivity contribution is -0.258. The molecule has 0 saturated carbocycles.